The van der Waals surface area contributed by atoms with E-state index in [1.807, 2.05) is 13.8 Å². The van der Waals surface area contributed by atoms with Crippen molar-refractivity contribution in [2.24, 2.45) is 5.41 Å². The van der Waals surface area contributed by atoms with Crippen LogP contribution in [-0.2, 0) is 28.7 Å². The summed E-state index contributed by atoms with van der Waals surface area (Å²) >= 11 is 0. The van der Waals surface area contributed by atoms with Crippen molar-refractivity contribution in [1.82, 2.24) is 20.3 Å². The molecule has 0 aliphatic carbocycles. The van der Waals surface area contributed by atoms with Crippen molar-refractivity contribution in [3.8, 4) is 0 Å². The molecular formula is C27H52N4O10. The number of carbonyl (C=O) groups is 4. The van der Waals surface area contributed by atoms with Gasteiger partial charge in [0, 0.05) is 32.4 Å². The molecule has 0 spiro atoms. The van der Waals surface area contributed by atoms with Gasteiger partial charge in [0.05, 0.1) is 52.4 Å². The summed E-state index contributed by atoms with van der Waals surface area (Å²) in [7, 11) is 0. The molecule has 14 nitrogen and oxygen atoms in total. The van der Waals surface area contributed by atoms with Crippen molar-refractivity contribution in [2.45, 2.75) is 91.9 Å². The van der Waals surface area contributed by atoms with E-state index in [1.54, 1.807) is 0 Å². The lowest BCUT2D eigenvalue weighted by Crippen LogP contribution is -2.33. The molecule has 0 bridgehead atoms. The van der Waals surface area contributed by atoms with E-state index in [0.717, 1.165) is 48.7 Å². The molecule has 0 aromatic rings. The summed E-state index contributed by atoms with van der Waals surface area (Å²) in [5, 5.41) is 40.8. The van der Waals surface area contributed by atoms with Crippen molar-refractivity contribution in [3.63, 3.8) is 0 Å². The summed E-state index contributed by atoms with van der Waals surface area (Å²) in [6.45, 7) is 7.80. The summed E-state index contributed by atoms with van der Waals surface area (Å²) in [5.74, 6) is -1.81. The largest absolute Gasteiger partial charge is 0.380 e. The van der Waals surface area contributed by atoms with Crippen LogP contribution in [-0.4, -0.2) is 117 Å². The number of amides is 4. The number of hydrogen-bond donors (Lipinski definition) is 4. The normalized spacial score (nSPS) is 11.3. The number of rotatable bonds is 24. The number of unbranched alkanes of at least 4 members (excludes halogenated alkanes) is 6. The van der Waals surface area contributed by atoms with Gasteiger partial charge in [0.1, 0.15) is 0 Å². The minimum Gasteiger partial charge on any atom is -0.380 e. The minimum atomic E-state index is -0.532. The SMILES string of the molecule is CC(=O)N(O)CCCCCCCCCN(O)C(=O)CCOCC(C)(C)COCCC(=O)N(O)CCCN(O)C(C)=O. The van der Waals surface area contributed by atoms with Gasteiger partial charge in [-0.05, 0) is 19.3 Å². The average molecular weight is 593 g/mol. The van der Waals surface area contributed by atoms with Gasteiger partial charge in [-0.15, -0.1) is 0 Å². The van der Waals surface area contributed by atoms with E-state index in [0.29, 0.717) is 36.3 Å². The van der Waals surface area contributed by atoms with E-state index >= 15 is 0 Å². The fraction of sp³-hybridized carbons (Fsp3) is 0.852. The van der Waals surface area contributed by atoms with E-state index in [1.165, 1.54) is 13.8 Å². The highest BCUT2D eigenvalue weighted by molar-refractivity contribution is 5.75. The molecule has 0 aliphatic rings. The zero-order valence-electron chi connectivity index (χ0n) is 25.3. The maximum Gasteiger partial charge on any atom is 0.248 e. The molecule has 4 amide bonds. The van der Waals surface area contributed by atoms with Gasteiger partial charge in [-0.1, -0.05) is 46.0 Å². The summed E-state index contributed by atoms with van der Waals surface area (Å²) in [6, 6.07) is 0. The third-order valence-corrected chi connectivity index (χ3v) is 6.19. The van der Waals surface area contributed by atoms with Crippen molar-refractivity contribution in [1.29, 1.82) is 0 Å². The Hall–Kier alpha value is -2.36. The quantitative estimate of drug-likeness (QED) is 0.0739. The van der Waals surface area contributed by atoms with Gasteiger partial charge >= 0.3 is 0 Å². The van der Waals surface area contributed by atoms with E-state index in [2.05, 4.69) is 0 Å². The maximum atomic E-state index is 12.1. The molecule has 0 unspecified atom stereocenters. The second-order valence-electron chi connectivity index (χ2n) is 10.9. The van der Waals surface area contributed by atoms with E-state index in [4.69, 9.17) is 9.47 Å². The van der Waals surface area contributed by atoms with Crippen LogP contribution in [0.15, 0.2) is 0 Å². The molecule has 0 fully saturated rings. The first-order valence-corrected chi connectivity index (χ1v) is 14.3. The van der Waals surface area contributed by atoms with Gasteiger partial charge in [0.2, 0.25) is 23.6 Å². The van der Waals surface area contributed by atoms with Crippen LogP contribution in [0.2, 0.25) is 0 Å². The highest BCUT2D eigenvalue weighted by atomic mass is 16.5. The first-order chi connectivity index (χ1) is 19.3. The van der Waals surface area contributed by atoms with Gasteiger partial charge in [-0.2, -0.15) is 0 Å². The predicted molar refractivity (Wildman–Crippen MR) is 147 cm³/mol. The van der Waals surface area contributed by atoms with Gasteiger partial charge in [-0.3, -0.25) is 40.0 Å². The maximum absolute atomic E-state index is 12.1. The highest BCUT2D eigenvalue weighted by Gasteiger charge is 2.20. The highest BCUT2D eigenvalue weighted by Crippen LogP contribution is 2.16. The molecule has 0 aliphatic heterocycles. The Morgan fingerprint density at radius 3 is 1.24 bits per heavy atom. The van der Waals surface area contributed by atoms with Crippen molar-refractivity contribution in [2.75, 3.05) is 52.6 Å². The van der Waals surface area contributed by atoms with E-state index < -0.39 is 17.7 Å². The summed E-state index contributed by atoms with van der Waals surface area (Å²) in [5.41, 5.74) is -0.383. The summed E-state index contributed by atoms with van der Waals surface area (Å²) in [4.78, 5) is 45.9. The fourth-order valence-electron chi connectivity index (χ4n) is 3.66. The first-order valence-electron chi connectivity index (χ1n) is 14.3. The van der Waals surface area contributed by atoms with Crippen LogP contribution < -0.4 is 0 Å². The Morgan fingerprint density at radius 2 is 0.854 bits per heavy atom. The third kappa shape index (κ3) is 21.1. The molecule has 240 valence electrons. The van der Waals surface area contributed by atoms with Gasteiger partial charge < -0.3 is 9.47 Å². The monoisotopic (exact) mass is 592 g/mol. The third-order valence-electron chi connectivity index (χ3n) is 6.19. The zero-order valence-corrected chi connectivity index (χ0v) is 25.3. The molecule has 41 heavy (non-hydrogen) atoms. The Kier molecular flexibility index (Phi) is 21.0. The number of nitrogens with zero attached hydrogens (tertiary/aromatic N) is 4. The minimum absolute atomic E-state index is 0.00534. The van der Waals surface area contributed by atoms with Gasteiger partial charge in [0.25, 0.3) is 0 Å². The molecule has 0 heterocycles. The summed E-state index contributed by atoms with van der Waals surface area (Å²) < 4.78 is 11.1. The lowest BCUT2D eigenvalue weighted by atomic mass is 9.96. The topological polar surface area (TPSA) is 181 Å². The first kappa shape index (κ1) is 38.6. The lowest BCUT2D eigenvalue weighted by Gasteiger charge is -2.24. The Bertz CT molecular complexity index is 768. The molecule has 4 N–H and O–H groups in total. The van der Waals surface area contributed by atoms with Crippen molar-refractivity contribution >= 4 is 23.6 Å². The molecule has 14 heteroatoms. The van der Waals surface area contributed by atoms with E-state index in [-0.39, 0.29) is 63.4 Å². The number of hydrogen-bond acceptors (Lipinski definition) is 10. The lowest BCUT2D eigenvalue weighted by molar-refractivity contribution is -0.171. The number of ether oxygens (including phenoxy) is 2. The molecule has 0 aromatic carbocycles. The molecule has 0 rings (SSSR count). The molecular weight excluding hydrogens is 540 g/mol. The molecule has 0 saturated heterocycles. The molecule has 0 atom stereocenters. The van der Waals surface area contributed by atoms with Gasteiger partial charge in [-0.25, -0.2) is 20.3 Å². The fourth-order valence-corrected chi connectivity index (χ4v) is 3.66. The standard InChI is InChI=1S/C27H52N4O10/c1-23(32)28(36)15-10-8-6-5-7-9-11-16-30(38)25(34)13-19-40-21-27(3,4)22-41-20-14-26(35)31(39)18-12-17-29(37)24(2)33/h36-39H,5-22H2,1-4H3. The second kappa shape index (κ2) is 22.3. The second-order valence-corrected chi connectivity index (χ2v) is 10.9. The molecule has 0 aromatic heterocycles. The molecule has 0 radical (unpaired) electrons. The van der Waals surface area contributed by atoms with Crippen LogP contribution in [0.5, 0.6) is 0 Å². The zero-order chi connectivity index (χ0) is 31.3. The molecule has 0 saturated carbocycles. The Labute approximate surface area is 243 Å². The van der Waals surface area contributed by atoms with Crippen LogP contribution in [0.4, 0.5) is 0 Å². The number of hydroxylamine groups is 8. The van der Waals surface area contributed by atoms with Crippen LogP contribution in [0.1, 0.15) is 91.9 Å². The Balaban J connectivity index is 3.83. The summed E-state index contributed by atoms with van der Waals surface area (Å²) in [6.07, 6.45) is 6.50. The Morgan fingerprint density at radius 1 is 0.537 bits per heavy atom. The van der Waals surface area contributed by atoms with Crippen molar-refractivity contribution in [3.05, 3.63) is 0 Å². The van der Waals surface area contributed by atoms with Crippen LogP contribution >= 0.6 is 0 Å². The predicted octanol–water partition coefficient (Wildman–Crippen LogP) is 2.86. The smallest absolute Gasteiger partial charge is 0.248 e. The number of carbonyl (C=O) groups excluding carboxylic acids is 4. The average Bonchev–Trinajstić information content (AvgIpc) is 2.91. The van der Waals surface area contributed by atoms with Crippen LogP contribution in [0, 0.1) is 5.41 Å². The van der Waals surface area contributed by atoms with E-state index in [9.17, 15) is 40.0 Å². The van der Waals surface area contributed by atoms with Gasteiger partial charge in [0.15, 0.2) is 0 Å². The van der Waals surface area contributed by atoms with Crippen molar-refractivity contribution < 1.29 is 49.5 Å². The van der Waals surface area contributed by atoms with Crippen LogP contribution in [0.3, 0.4) is 0 Å². The van der Waals surface area contributed by atoms with Crippen LogP contribution in [0.25, 0.3) is 0 Å².